The first kappa shape index (κ1) is 22.1. The Kier molecular flexibility index (Phi) is 5.72. The van der Waals surface area contributed by atoms with Crippen LogP contribution in [-0.4, -0.2) is 44.9 Å². The van der Waals surface area contributed by atoms with Crippen LogP contribution in [0.1, 0.15) is 71.6 Å². The third-order valence-electron chi connectivity index (χ3n) is 8.95. The fourth-order valence-electron chi connectivity index (χ4n) is 7.35. The van der Waals surface area contributed by atoms with Gasteiger partial charge in [-0.1, -0.05) is 19.4 Å². The Labute approximate surface area is 183 Å². The van der Waals surface area contributed by atoms with E-state index in [-0.39, 0.29) is 34.6 Å². The van der Waals surface area contributed by atoms with Gasteiger partial charge in [-0.05, 0) is 79.6 Å². The summed E-state index contributed by atoms with van der Waals surface area (Å²) in [5.74, 6) is 1.24. The molecule has 0 aliphatic heterocycles. The van der Waals surface area contributed by atoms with Gasteiger partial charge in [-0.25, -0.2) is 0 Å². The van der Waals surface area contributed by atoms with E-state index in [1.165, 1.54) is 17.3 Å². The van der Waals surface area contributed by atoms with E-state index in [9.17, 15) is 19.5 Å². The van der Waals surface area contributed by atoms with Gasteiger partial charge >= 0.3 is 5.97 Å². The number of aliphatic carboxylic acids is 1. The molecule has 2 N–H and O–H groups in total. The van der Waals surface area contributed by atoms with E-state index in [0.717, 1.165) is 32.1 Å². The molecule has 0 heterocycles. The first-order valence-corrected chi connectivity index (χ1v) is 12.5. The second-order valence-corrected chi connectivity index (χ2v) is 11.8. The molecule has 0 spiro atoms. The van der Waals surface area contributed by atoms with Gasteiger partial charge in [0.1, 0.15) is 5.60 Å². The third kappa shape index (κ3) is 3.68. The summed E-state index contributed by atoms with van der Waals surface area (Å²) in [6, 6.07) is 0. The van der Waals surface area contributed by atoms with Crippen molar-refractivity contribution >= 4 is 29.3 Å². The number of rotatable bonds is 6. The van der Waals surface area contributed by atoms with Gasteiger partial charge in [0.15, 0.2) is 11.6 Å². The van der Waals surface area contributed by atoms with Crippen LogP contribution < -0.4 is 0 Å². The van der Waals surface area contributed by atoms with Gasteiger partial charge in [0.25, 0.3) is 0 Å². The van der Waals surface area contributed by atoms with E-state index < -0.39 is 11.6 Å². The molecule has 0 aromatic carbocycles. The number of carboxylic acids is 1. The molecule has 4 aliphatic rings. The van der Waals surface area contributed by atoms with Gasteiger partial charge in [-0.2, -0.15) is 11.8 Å². The van der Waals surface area contributed by atoms with E-state index in [0.29, 0.717) is 42.8 Å². The summed E-state index contributed by atoms with van der Waals surface area (Å²) in [7, 11) is 0. The van der Waals surface area contributed by atoms with Gasteiger partial charge < -0.3 is 10.2 Å². The largest absolute Gasteiger partial charge is 0.481 e. The number of Topliss-reactive ketones (excluding diaryl/α,β-unsaturated/α-hetero) is 1. The number of aliphatic hydroxyl groups is 1. The maximum Gasteiger partial charge on any atom is 0.304 e. The lowest BCUT2D eigenvalue weighted by Crippen LogP contribution is -2.49. The maximum atomic E-state index is 12.9. The number of ketones is 2. The van der Waals surface area contributed by atoms with Crippen molar-refractivity contribution in [2.75, 3.05) is 11.5 Å². The predicted molar refractivity (Wildman–Crippen MR) is 116 cm³/mol. The normalized spacial score (nSPS) is 42.7. The standard InChI is InChI=1S/C24H34O5S/c1-22-8-6-18-17(4-3-15-11-16(25)5-9-23(15,18)2)19(22)12-24(29,14-22)20(26)13-30-10-7-21(27)28/h11,17-19,29H,3-10,12-14H2,1-2H3,(H,27,28)/t17-,18+,19-,22+,23-,24+/m0/s1. The number of allylic oxidation sites excluding steroid dienone is 1. The molecule has 3 saturated carbocycles. The van der Waals surface area contributed by atoms with E-state index in [1.807, 2.05) is 6.08 Å². The molecule has 6 atom stereocenters. The molecule has 0 bridgehead atoms. The van der Waals surface area contributed by atoms with Crippen LogP contribution in [0.25, 0.3) is 0 Å². The Morgan fingerprint density at radius 3 is 2.67 bits per heavy atom. The fourth-order valence-corrected chi connectivity index (χ4v) is 8.26. The molecule has 166 valence electrons. The smallest absolute Gasteiger partial charge is 0.304 e. The Bertz CT molecular complexity index is 790. The van der Waals surface area contributed by atoms with Crippen molar-refractivity contribution in [1.82, 2.24) is 0 Å². The molecule has 0 saturated heterocycles. The molecule has 4 rings (SSSR count). The molecule has 0 unspecified atom stereocenters. The van der Waals surface area contributed by atoms with Gasteiger partial charge in [0, 0.05) is 12.2 Å². The van der Waals surface area contributed by atoms with Crippen LogP contribution in [0.3, 0.4) is 0 Å². The molecular weight excluding hydrogens is 400 g/mol. The van der Waals surface area contributed by atoms with Crippen LogP contribution in [0.15, 0.2) is 11.6 Å². The number of carbonyl (C=O) groups is 3. The summed E-state index contributed by atoms with van der Waals surface area (Å²) in [4.78, 5) is 35.6. The van der Waals surface area contributed by atoms with Gasteiger partial charge in [0.2, 0.25) is 0 Å². The van der Waals surface area contributed by atoms with Gasteiger partial charge in [-0.3, -0.25) is 14.4 Å². The molecule has 0 aromatic rings. The number of fused-ring (bicyclic) bond motifs is 5. The molecular formula is C24H34O5S. The summed E-state index contributed by atoms with van der Waals surface area (Å²) in [6.07, 6.45) is 8.75. The Morgan fingerprint density at radius 2 is 1.93 bits per heavy atom. The second-order valence-electron chi connectivity index (χ2n) is 10.7. The number of hydrogen-bond acceptors (Lipinski definition) is 5. The third-order valence-corrected chi connectivity index (χ3v) is 9.91. The highest BCUT2D eigenvalue weighted by Crippen LogP contribution is 2.66. The minimum atomic E-state index is -1.27. The number of thioether (sulfide) groups is 1. The van der Waals surface area contributed by atoms with Crippen molar-refractivity contribution in [2.45, 2.75) is 77.2 Å². The maximum absolute atomic E-state index is 12.9. The minimum Gasteiger partial charge on any atom is -0.481 e. The van der Waals surface area contributed by atoms with Crippen LogP contribution in [0.4, 0.5) is 0 Å². The van der Waals surface area contributed by atoms with Crippen LogP contribution in [0.5, 0.6) is 0 Å². The molecule has 30 heavy (non-hydrogen) atoms. The Morgan fingerprint density at radius 1 is 1.17 bits per heavy atom. The lowest BCUT2D eigenvalue weighted by molar-refractivity contribution is -0.136. The van der Waals surface area contributed by atoms with E-state index in [2.05, 4.69) is 13.8 Å². The van der Waals surface area contributed by atoms with Crippen molar-refractivity contribution in [3.63, 3.8) is 0 Å². The number of hydrogen-bond donors (Lipinski definition) is 2. The molecule has 0 radical (unpaired) electrons. The lowest BCUT2D eigenvalue weighted by atomic mass is 9.47. The number of carboxylic acid groups (broad SMARTS) is 1. The zero-order chi connectivity index (χ0) is 21.7. The monoisotopic (exact) mass is 434 g/mol. The Balaban J connectivity index is 1.49. The van der Waals surface area contributed by atoms with Crippen molar-refractivity contribution in [2.24, 2.45) is 28.6 Å². The first-order valence-electron chi connectivity index (χ1n) is 11.4. The molecule has 0 amide bonds. The van der Waals surface area contributed by atoms with Crippen molar-refractivity contribution in [1.29, 1.82) is 0 Å². The molecule has 5 nitrogen and oxygen atoms in total. The van der Waals surface area contributed by atoms with Crippen molar-refractivity contribution < 1.29 is 24.6 Å². The summed E-state index contributed by atoms with van der Waals surface area (Å²) in [6.45, 7) is 4.60. The zero-order valence-corrected chi connectivity index (χ0v) is 18.9. The van der Waals surface area contributed by atoms with Gasteiger partial charge in [-0.15, -0.1) is 0 Å². The van der Waals surface area contributed by atoms with Crippen LogP contribution >= 0.6 is 11.8 Å². The molecule has 4 aliphatic carbocycles. The SMILES string of the molecule is C[C@]12CC[C@@H]3[C@H](CCC4=CC(=O)CC[C@@]43C)[C@@H]1C[C@](O)(C(=O)CSCCC(=O)O)C2. The molecule has 0 aromatic heterocycles. The topological polar surface area (TPSA) is 91.7 Å². The predicted octanol–water partition coefficient (Wildman–Crippen LogP) is 4.03. The van der Waals surface area contributed by atoms with Crippen LogP contribution in [0, 0.1) is 28.6 Å². The summed E-state index contributed by atoms with van der Waals surface area (Å²) in [5.41, 5.74) is 0.140. The zero-order valence-electron chi connectivity index (χ0n) is 18.1. The molecule has 6 heteroatoms. The van der Waals surface area contributed by atoms with E-state index in [4.69, 9.17) is 5.11 Å². The summed E-state index contributed by atoms with van der Waals surface area (Å²) in [5, 5.41) is 20.1. The van der Waals surface area contributed by atoms with Crippen LogP contribution in [0.2, 0.25) is 0 Å². The molecule has 3 fully saturated rings. The van der Waals surface area contributed by atoms with Gasteiger partial charge in [0.05, 0.1) is 12.2 Å². The minimum absolute atomic E-state index is 0.0145. The van der Waals surface area contributed by atoms with Crippen molar-refractivity contribution in [3.05, 3.63) is 11.6 Å². The van der Waals surface area contributed by atoms with E-state index >= 15 is 0 Å². The average molecular weight is 435 g/mol. The second kappa shape index (κ2) is 7.77. The van der Waals surface area contributed by atoms with E-state index in [1.54, 1.807) is 0 Å². The van der Waals surface area contributed by atoms with Crippen LogP contribution in [-0.2, 0) is 14.4 Å². The highest BCUT2D eigenvalue weighted by Gasteiger charge is 2.62. The first-order chi connectivity index (χ1) is 14.1. The van der Waals surface area contributed by atoms with Crippen molar-refractivity contribution in [3.8, 4) is 0 Å². The highest BCUT2D eigenvalue weighted by atomic mass is 32.2. The average Bonchev–Trinajstić information content (AvgIpc) is 2.97. The summed E-state index contributed by atoms with van der Waals surface area (Å²) >= 11 is 1.31. The lowest BCUT2D eigenvalue weighted by Gasteiger charge is -2.57. The number of carbonyl (C=O) groups excluding carboxylic acids is 2. The summed E-state index contributed by atoms with van der Waals surface area (Å²) < 4.78 is 0. The Hall–Kier alpha value is -1.14. The highest BCUT2D eigenvalue weighted by molar-refractivity contribution is 7.99. The fraction of sp³-hybridized carbons (Fsp3) is 0.792. The quantitative estimate of drug-likeness (QED) is 0.614.